The van der Waals surface area contributed by atoms with E-state index >= 15 is 0 Å². The van der Waals surface area contributed by atoms with Crippen molar-refractivity contribution in [1.82, 2.24) is 5.32 Å². The lowest BCUT2D eigenvalue weighted by molar-refractivity contribution is 0.207. The van der Waals surface area contributed by atoms with Gasteiger partial charge >= 0.3 is 0 Å². The van der Waals surface area contributed by atoms with Crippen molar-refractivity contribution in [3.63, 3.8) is 0 Å². The largest absolute Gasteiger partial charge is 0.497 e. The van der Waals surface area contributed by atoms with E-state index in [1.54, 1.807) is 7.11 Å². The number of benzene rings is 1. The van der Waals surface area contributed by atoms with Crippen molar-refractivity contribution in [3.8, 4) is 11.5 Å². The molecule has 3 nitrogen and oxygen atoms in total. The molecule has 0 aliphatic heterocycles. The third-order valence-corrected chi connectivity index (χ3v) is 2.79. The van der Waals surface area contributed by atoms with Gasteiger partial charge in [-0.3, -0.25) is 0 Å². The number of hydrogen-bond acceptors (Lipinski definition) is 3. The Morgan fingerprint density at radius 2 is 1.78 bits per heavy atom. The molecule has 1 unspecified atom stereocenters. The van der Waals surface area contributed by atoms with Crippen LogP contribution in [0, 0.1) is 0 Å². The van der Waals surface area contributed by atoms with E-state index in [2.05, 4.69) is 19.2 Å². The standard InChI is InChI=1S/C15H25NO2/c1-4-11-16-12-5-6-13(2)18-15-9-7-14(17-3)8-10-15/h7-10,13,16H,4-6,11-12H2,1-3H3. The van der Waals surface area contributed by atoms with Crippen molar-refractivity contribution in [1.29, 1.82) is 0 Å². The molecular weight excluding hydrogens is 226 g/mol. The zero-order valence-corrected chi connectivity index (χ0v) is 11.7. The Kier molecular flexibility index (Phi) is 7.26. The molecule has 0 saturated heterocycles. The second-order valence-electron chi connectivity index (χ2n) is 4.50. The Balaban J connectivity index is 2.20. The molecule has 0 aliphatic carbocycles. The van der Waals surface area contributed by atoms with Crippen LogP contribution in [0.1, 0.15) is 33.1 Å². The van der Waals surface area contributed by atoms with E-state index < -0.39 is 0 Å². The van der Waals surface area contributed by atoms with Crippen LogP contribution in [0.2, 0.25) is 0 Å². The van der Waals surface area contributed by atoms with Crippen LogP contribution in [0.25, 0.3) is 0 Å². The van der Waals surface area contributed by atoms with Gasteiger partial charge < -0.3 is 14.8 Å². The smallest absolute Gasteiger partial charge is 0.119 e. The second kappa shape index (κ2) is 8.81. The average molecular weight is 251 g/mol. The Morgan fingerprint density at radius 3 is 2.39 bits per heavy atom. The minimum atomic E-state index is 0.252. The maximum atomic E-state index is 5.84. The molecule has 102 valence electrons. The van der Waals surface area contributed by atoms with Crippen molar-refractivity contribution in [2.24, 2.45) is 0 Å². The van der Waals surface area contributed by atoms with E-state index in [0.29, 0.717) is 0 Å². The van der Waals surface area contributed by atoms with Gasteiger partial charge in [0.1, 0.15) is 11.5 Å². The van der Waals surface area contributed by atoms with Gasteiger partial charge in [-0.15, -0.1) is 0 Å². The van der Waals surface area contributed by atoms with Crippen molar-refractivity contribution in [3.05, 3.63) is 24.3 Å². The average Bonchev–Trinajstić information content (AvgIpc) is 2.39. The number of hydrogen-bond donors (Lipinski definition) is 1. The molecule has 1 aromatic rings. The van der Waals surface area contributed by atoms with Gasteiger partial charge in [0.25, 0.3) is 0 Å². The molecule has 0 bridgehead atoms. The molecule has 0 fully saturated rings. The first-order chi connectivity index (χ1) is 8.76. The summed E-state index contributed by atoms with van der Waals surface area (Å²) in [6.45, 7) is 6.48. The van der Waals surface area contributed by atoms with E-state index in [1.807, 2.05) is 24.3 Å². The topological polar surface area (TPSA) is 30.5 Å². The van der Waals surface area contributed by atoms with E-state index in [9.17, 15) is 0 Å². The van der Waals surface area contributed by atoms with E-state index in [-0.39, 0.29) is 6.10 Å². The number of nitrogens with one attached hydrogen (secondary N) is 1. The summed E-state index contributed by atoms with van der Waals surface area (Å²) in [5.41, 5.74) is 0. The van der Waals surface area contributed by atoms with Gasteiger partial charge in [0.2, 0.25) is 0 Å². The first kappa shape index (κ1) is 14.8. The van der Waals surface area contributed by atoms with Gasteiger partial charge in [-0.1, -0.05) is 6.92 Å². The highest BCUT2D eigenvalue weighted by Crippen LogP contribution is 2.18. The van der Waals surface area contributed by atoms with E-state index in [0.717, 1.165) is 37.4 Å². The summed E-state index contributed by atoms with van der Waals surface area (Å²) in [5, 5.41) is 3.40. The summed E-state index contributed by atoms with van der Waals surface area (Å²) in [6.07, 6.45) is 3.67. The molecule has 0 saturated carbocycles. The summed E-state index contributed by atoms with van der Waals surface area (Å²) < 4.78 is 10.9. The molecular formula is C15H25NO2. The lowest BCUT2D eigenvalue weighted by Gasteiger charge is -2.15. The molecule has 18 heavy (non-hydrogen) atoms. The van der Waals surface area contributed by atoms with Crippen LogP contribution in [0.5, 0.6) is 11.5 Å². The highest BCUT2D eigenvalue weighted by molar-refractivity contribution is 5.31. The van der Waals surface area contributed by atoms with Gasteiger partial charge in [-0.05, 0) is 63.5 Å². The minimum Gasteiger partial charge on any atom is -0.497 e. The molecule has 0 amide bonds. The lowest BCUT2D eigenvalue weighted by Crippen LogP contribution is -2.19. The fourth-order valence-corrected chi connectivity index (χ4v) is 1.76. The van der Waals surface area contributed by atoms with E-state index in [1.165, 1.54) is 6.42 Å². The lowest BCUT2D eigenvalue weighted by atomic mass is 10.2. The zero-order chi connectivity index (χ0) is 13.2. The summed E-state index contributed by atoms with van der Waals surface area (Å²) >= 11 is 0. The van der Waals surface area contributed by atoms with Crippen molar-refractivity contribution >= 4 is 0 Å². The van der Waals surface area contributed by atoms with Crippen LogP contribution in [-0.4, -0.2) is 26.3 Å². The quantitative estimate of drug-likeness (QED) is 0.683. The van der Waals surface area contributed by atoms with Gasteiger partial charge in [0.15, 0.2) is 0 Å². The first-order valence-corrected chi connectivity index (χ1v) is 6.77. The zero-order valence-electron chi connectivity index (χ0n) is 11.7. The Bertz CT molecular complexity index is 311. The predicted molar refractivity (Wildman–Crippen MR) is 75.5 cm³/mol. The predicted octanol–water partition coefficient (Wildman–Crippen LogP) is 3.24. The summed E-state index contributed by atoms with van der Waals surface area (Å²) in [4.78, 5) is 0. The molecule has 1 aromatic carbocycles. The molecule has 0 heterocycles. The van der Waals surface area contributed by atoms with Crippen LogP contribution in [0.3, 0.4) is 0 Å². The molecule has 0 aromatic heterocycles. The highest BCUT2D eigenvalue weighted by atomic mass is 16.5. The maximum absolute atomic E-state index is 5.84. The SMILES string of the molecule is CCCNCCCC(C)Oc1ccc(OC)cc1. The third kappa shape index (κ3) is 5.92. The number of rotatable bonds is 9. The fourth-order valence-electron chi connectivity index (χ4n) is 1.76. The normalized spacial score (nSPS) is 12.2. The van der Waals surface area contributed by atoms with Gasteiger partial charge in [0.05, 0.1) is 13.2 Å². The molecule has 0 aliphatic rings. The first-order valence-electron chi connectivity index (χ1n) is 6.77. The highest BCUT2D eigenvalue weighted by Gasteiger charge is 2.03. The molecule has 1 rings (SSSR count). The summed E-state index contributed by atoms with van der Waals surface area (Å²) in [5.74, 6) is 1.77. The molecule has 0 spiro atoms. The van der Waals surface area contributed by atoms with Crippen molar-refractivity contribution in [2.75, 3.05) is 20.2 Å². The van der Waals surface area contributed by atoms with Gasteiger partial charge in [0, 0.05) is 0 Å². The number of methoxy groups -OCH3 is 1. The van der Waals surface area contributed by atoms with E-state index in [4.69, 9.17) is 9.47 Å². The molecule has 1 N–H and O–H groups in total. The van der Waals surface area contributed by atoms with Crippen molar-refractivity contribution < 1.29 is 9.47 Å². The summed E-state index contributed by atoms with van der Waals surface area (Å²) in [6, 6.07) is 7.74. The maximum Gasteiger partial charge on any atom is 0.119 e. The second-order valence-corrected chi connectivity index (χ2v) is 4.50. The Hall–Kier alpha value is -1.22. The Morgan fingerprint density at radius 1 is 1.11 bits per heavy atom. The van der Waals surface area contributed by atoms with Crippen LogP contribution in [0.4, 0.5) is 0 Å². The number of ether oxygens (including phenoxy) is 2. The van der Waals surface area contributed by atoms with Crippen LogP contribution < -0.4 is 14.8 Å². The van der Waals surface area contributed by atoms with Crippen molar-refractivity contribution in [2.45, 2.75) is 39.2 Å². The van der Waals surface area contributed by atoms with Gasteiger partial charge in [-0.2, -0.15) is 0 Å². The van der Waals surface area contributed by atoms with Crippen LogP contribution >= 0.6 is 0 Å². The van der Waals surface area contributed by atoms with Crippen LogP contribution in [0.15, 0.2) is 24.3 Å². The van der Waals surface area contributed by atoms with Crippen LogP contribution in [-0.2, 0) is 0 Å². The molecule has 3 heteroatoms. The summed E-state index contributed by atoms with van der Waals surface area (Å²) in [7, 11) is 1.67. The third-order valence-electron chi connectivity index (χ3n) is 2.79. The molecule has 0 radical (unpaired) electrons. The fraction of sp³-hybridized carbons (Fsp3) is 0.600. The monoisotopic (exact) mass is 251 g/mol. The minimum absolute atomic E-state index is 0.252. The van der Waals surface area contributed by atoms with Gasteiger partial charge in [-0.25, -0.2) is 0 Å². The Labute approximate surface area is 110 Å². The molecule has 1 atom stereocenters.